The molecule has 2 bridgehead atoms. The summed E-state index contributed by atoms with van der Waals surface area (Å²) in [4.78, 5) is 22.9. The molecule has 5 fully saturated rings. The lowest BCUT2D eigenvalue weighted by Gasteiger charge is -2.60. The van der Waals surface area contributed by atoms with Crippen molar-refractivity contribution in [3.05, 3.63) is 24.3 Å². The Labute approximate surface area is 181 Å². The van der Waals surface area contributed by atoms with Crippen LogP contribution in [0.25, 0.3) is 0 Å². The Morgan fingerprint density at radius 2 is 1.90 bits per heavy atom. The highest BCUT2D eigenvalue weighted by molar-refractivity contribution is 5.68. The Kier molecular flexibility index (Phi) is 5.16. The molecule has 1 saturated carbocycles. The first kappa shape index (κ1) is 21.0. The van der Waals surface area contributed by atoms with Gasteiger partial charge in [0.15, 0.2) is 30.0 Å². The standard InChI is InChI=1S/C23H30O8/c1-13-8-9-16-14(2)20(27-18-7-5-4-6-17(18)26-12-19(24)25)28-21-23(16)15(13)10-11-22(3,29-21)30-31-23/h4-7,13-16,20-21H,8-12H2,1-3H3,(H,24,25)/t13-,14-,15+,16+,20+,21-,22-,23-/m1/s1. The molecule has 1 aromatic carbocycles. The molecule has 1 aromatic rings. The fraction of sp³-hybridized carbons (Fsp3) is 0.696. The second-order valence-electron chi connectivity index (χ2n) is 9.52. The maximum Gasteiger partial charge on any atom is 0.341 e. The van der Waals surface area contributed by atoms with E-state index in [1.807, 2.05) is 13.0 Å². The predicted molar refractivity (Wildman–Crippen MR) is 107 cm³/mol. The van der Waals surface area contributed by atoms with E-state index in [9.17, 15) is 4.79 Å². The van der Waals surface area contributed by atoms with E-state index in [0.29, 0.717) is 17.4 Å². The first-order valence-corrected chi connectivity index (χ1v) is 11.1. The van der Waals surface area contributed by atoms with Crippen LogP contribution in [0.1, 0.15) is 46.5 Å². The second-order valence-corrected chi connectivity index (χ2v) is 9.52. The van der Waals surface area contributed by atoms with Gasteiger partial charge >= 0.3 is 5.97 Å². The quantitative estimate of drug-likeness (QED) is 0.701. The summed E-state index contributed by atoms with van der Waals surface area (Å²) in [6.45, 7) is 5.83. The third-order valence-electron chi connectivity index (χ3n) is 7.54. The van der Waals surface area contributed by atoms with E-state index in [1.54, 1.807) is 18.2 Å². The lowest BCUT2D eigenvalue weighted by Crippen LogP contribution is -2.70. The largest absolute Gasteiger partial charge is 0.479 e. The number of rotatable bonds is 5. The van der Waals surface area contributed by atoms with Gasteiger partial charge in [-0.25, -0.2) is 14.6 Å². The number of hydrogen-bond acceptors (Lipinski definition) is 7. The Bertz CT molecular complexity index is 845. The van der Waals surface area contributed by atoms with Crippen LogP contribution < -0.4 is 9.47 Å². The average Bonchev–Trinajstić information content (AvgIpc) is 2.97. The number of benzene rings is 1. The number of para-hydroxylation sites is 2. The van der Waals surface area contributed by atoms with Gasteiger partial charge in [0.1, 0.15) is 0 Å². The van der Waals surface area contributed by atoms with E-state index >= 15 is 0 Å². The molecule has 1 N–H and O–H groups in total. The number of fused-ring (bicyclic) bond motifs is 2. The van der Waals surface area contributed by atoms with E-state index in [2.05, 4.69) is 13.8 Å². The lowest BCUT2D eigenvalue weighted by molar-refractivity contribution is -0.575. The second kappa shape index (κ2) is 7.62. The molecule has 0 amide bonds. The van der Waals surface area contributed by atoms with Gasteiger partial charge in [0.2, 0.25) is 12.1 Å². The van der Waals surface area contributed by atoms with Crippen molar-refractivity contribution in [2.45, 2.75) is 70.4 Å². The topological polar surface area (TPSA) is 92.7 Å². The molecule has 4 saturated heterocycles. The van der Waals surface area contributed by atoms with Crippen molar-refractivity contribution in [3.63, 3.8) is 0 Å². The average molecular weight is 434 g/mol. The Morgan fingerprint density at radius 1 is 1.13 bits per heavy atom. The van der Waals surface area contributed by atoms with Gasteiger partial charge in [-0.2, -0.15) is 0 Å². The third-order valence-corrected chi connectivity index (χ3v) is 7.54. The van der Waals surface area contributed by atoms with Gasteiger partial charge in [0.05, 0.1) is 0 Å². The molecule has 8 atom stereocenters. The summed E-state index contributed by atoms with van der Waals surface area (Å²) in [5, 5.41) is 8.96. The van der Waals surface area contributed by atoms with Crippen LogP contribution in [-0.4, -0.2) is 41.7 Å². The maximum atomic E-state index is 10.9. The molecular weight excluding hydrogens is 404 g/mol. The highest BCUT2D eigenvalue weighted by Gasteiger charge is 2.69. The molecule has 5 aliphatic rings. The maximum absolute atomic E-state index is 10.9. The summed E-state index contributed by atoms with van der Waals surface area (Å²) in [7, 11) is 0. The molecule has 1 spiro atoms. The molecule has 8 nitrogen and oxygen atoms in total. The van der Waals surface area contributed by atoms with Crippen LogP contribution in [0.2, 0.25) is 0 Å². The molecule has 0 aromatic heterocycles. The third kappa shape index (κ3) is 3.40. The van der Waals surface area contributed by atoms with E-state index in [-0.39, 0.29) is 17.8 Å². The number of carboxylic acid groups (broad SMARTS) is 1. The number of ether oxygens (including phenoxy) is 4. The molecule has 0 unspecified atom stereocenters. The van der Waals surface area contributed by atoms with Crippen LogP contribution in [0.3, 0.4) is 0 Å². The SMILES string of the molecule is C[C@H]1[C@@H](Oc2ccccc2OCC(=O)O)O[C@@H]2O[C@@]3(C)CC[C@H]4[C@H](C)CC[C@@H]1[C@@]24OO3. The molecule has 0 radical (unpaired) electrons. The Morgan fingerprint density at radius 3 is 2.68 bits per heavy atom. The summed E-state index contributed by atoms with van der Waals surface area (Å²) in [5.74, 6) is -0.147. The number of hydrogen-bond donors (Lipinski definition) is 1. The minimum absolute atomic E-state index is 0.00781. The number of carbonyl (C=O) groups is 1. The van der Waals surface area contributed by atoms with Crippen molar-refractivity contribution in [1.29, 1.82) is 0 Å². The van der Waals surface area contributed by atoms with Gasteiger partial charge in [0, 0.05) is 18.3 Å². The minimum Gasteiger partial charge on any atom is -0.479 e. The summed E-state index contributed by atoms with van der Waals surface area (Å²) in [6.07, 6.45) is 2.62. The Balaban J connectivity index is 1.44. The minimum atomic E-state index is -1.05. The van der Waals surface area contributed by atoms with Crippen LogP contribution in [-0.2, 0) is 24.0 Å². The van der Waals surface area contributed by atoms with Gasteiger partial charge < -0.3 is 24.1 Å². The van der Waals surface area contributed by atoms with Gasteiger partial charge in [0.25, 0.3) is 0 Å². The summed E-state index contributed by atoms with van der Waals surface area (Å²) >= 11 is 0. The zero-order valence-electron chi connectivity index (χ0n) is 18.1. The molecular formula is C23H30O8. The van der Waals surface area contributed by atoms with E-state index < -0.39 is 36.5 Å². The van der Waals surface area contributed by atoms with Gasteiger partial charge in [-0.3, -0.25) is 0 Å². The smallest absolute Gasteiger partial charge is 0.341 e. The summed E-state index contributed by atoms with van der Waals surface area (Å²) in [6, 6.07) is 7.03. The highest BCUT2D eigenvalue weighted by Crippen LogP contribution is 2.60. The summed E-state index contributed by atoms with van der Waals surface area (Å²) < 4.78 is 24.4. The summed E-state index contributed by atoms with van der Waals surface area (Å²) in [5.41, 5.74) is -0.647. The predicted octanol–water partition coefficient (Wildman–Crippen LogP) is 3.74. The zero-order valence-corrected chi connectivity index (χ0v) is 18.1. The normalized spacial score (nSPS) is 43.6. The molecule has 170 valence electrons. The Hall–Kier alpha value is -1.87. The fourth-order valence-corrected chi connectivity index (χ4v) is 5.94. The van der Waals surface area contributed by atoms with E-state index in [1.165, 1.54) is 0 Å². The van der Waals surface area contributed by atoms with Gasteiger partial charge in [-0.05, 0) is 50.2 Å². The molecule has 4 heterocycles. The fourth-order valence-electron chi connectivity index (χ4n) is 5.94. The van der Waals surface area contributed by atoms with Crippen LogP contribution in [0.15, 0.2) is 24.3 Å². The molecule has 6 rings (SSSR count). The van der Waals surface area contributed by atoms with Gasteiger partial charge in [-0.1, -0.05) is 26.0 Å². The van der Waals surface area contributed by atoms with Crippen LogP contribution in [0.4, 0.5) is 0 Å². The van der Waals surface area contributed by atoms with Gasteiger partial charge in [-0.15, -0.1) is 0 Å². The first-order chi connectivity index (χ1) is 14.8. The van der Waals surface area contributed by atoms with Crippen molar-refractivity contribution < 1.29 is 38.6 Å². The monoisotopic (exact) mass is 434 g/mol. The van der Waals surface area contributed by atoms with E-state index in [0.717, 1.165) is 25.7 Å². The lowest BCUT2D eigenvalue weighted by atomic mass is 9.58. The zero-order chi connectivity index (χ0) is 21.8. The van der Waals surface area contributed by atoms with Crippen molar-refractivity contribution in [2.24, 2.45) is 23.7 Å². The van der Waals surface area contributed by atoms with Crippen molar-refractivity contribution in [2.75, 3.05) is 6.61 Å². The van der Waals surface area contributed by atoms with Crippen LogP contribution in [0, 0.1) is 23.7 Å². The van der Waals surface area contributed by atoms with Crippen LogP contribution >= 0.6 is 0 Å². The molecule has 8 heteroatoms. The highest BCUT2D eigenvalue weighted by atomic mass is 17.3. The van der Waals surface area contributed by atoms with Crippen molar-refractivity contribution in [1.82, 2.24) is 0 Å². The van der Waals surface area contributed by atoms with Crippen LogP contribution in [0.5, 0.6) is 11.5 Å². The van der Waals surface area contributed by atoms with Crippen molar-refractivity contribution in [3.8, 4) is 11.5 Å². The molecule has 31 heavy (non-hydrogen) atoms. The number of aliphatic carboxylic acids is 1. The first-order valence-electron chi connectivity index (χ1n) is 11.1. The van der Waals surface area contributed by atoms with Crippen molar-refractivity contribution >= 4 is 5.97 Å². The molecule has 1 aliphatic carbocycles. The number of carboxylic acids is 1. The van der Waals surface area contributed by atoms with E-state index in [4.69, 9.17) is 33.8 Å². The molecule has 4 aliphatic heterocycles.